The summed E-state index contributed by atoms with van der Waals surface area (Å²) in [5.74, 6) is -0.510. The third kappa shape index (κ3) is 5.47. The van der Waals surface area contributed by atoms with Gasteiger partial charge in [-0.15, -0.1) is 0 Å². The van der Waals surface area contributed by atoms with Crippen LogP contribution in [0.3, 0.4) is 0 Å². The summed E-state index contributed by atoms with van der Waals surface area (Å²) in [6.45, 7) is -0.538. The summed E-state index contributed by atoms with van der Waals surface area (Å²) in [5.41, 5.74) is 1.55. The third-order valence-electron chi connectivity index (χ3n) is 7.59. The van der Waals surface area contributed by atoms with Crippen molar-refractivity contribution in [2.75, 3.05) is 34.0 Å². The summed E-state index contributed by atoms with van der Waals surface area (Å²) in [5, 5.41) is 33.5. The molecule has 1 aromatic rings. The van der Waals surface area contributed by atoms with E-state index < -0.39 is 30.1 Å². The molecule has 4 atom stereocenters. The number of hydrogen-bond acceptors (Lipinski definition) is 8. The van der Waals surface area contributed by atoms with Crippen LogP contribution in [0.1, 0.15) is 55.6 Å². The van der Waals surface area contributed by atoms with Gasteiger partial charge < -0.3 is 39.7 Å². The Morgan fingerprint density at radius 1 is 1.14 bits per heavy atom. The lowest BCUT2D eigenvalue weighted by Gasteiger charge is -2.44. The van der Waals surface area contributed by atoms with E-state index in [4.69, 9.17) is 14.2 Å². The summed E-state index contributed by atoms with van der Waals surface area (Å²) < 4.78 is 16.9. The summed E-state index contributed by atoms with van der Waals surface area (Å²) in [6.07, 6.45) is 5.45. The highest BCUT2D eigenvalue weighted by Crippen LogP contribution is 2.51. The quantitative estimate of drug-likeness (QED) is 0.356. The van der Waals surface area contributed by atoms with Gasteiger partial charge in [0, 0.05) is 30.8 Å². The maximum absolute atomic E-state index is 13.4. The van der Waals surface area contributed by atoms with Crippen molar-refractivity contribution in [2.45, 2.75) is 75.3 Å². The number of benzene rings is 1. The van der Waals surface area contributed by atoms with Crippen molar-refractivity contribution in [1.29, 1.82) is 0 Å². The van der Waals surface area contributed by atoms with Gasteiger partial charge in [0.25, 0.3) is 0 Å². The zero-order chi connectivity index (χ0) is 26.5. The van der Waals surface area contributed by atoms with Crippen LogP contribution in [0.5, 0.6) is 11.5 Å². The minimum Gasteiger partial charge on any atom is -0.493 e. The Hall–Kier alpha value is -2.66. The molecule has 4 unspecified atom stereocenters. The minimum atomic E-state index is -1.13. The van der Waals surface area contributed by atoms with Crippen LogP contribution in [0.15, 0.2) is 23.8 Å². The van der Waals surface area contributed by atoms with Gasteiger partial charge in [-0.3, -0.25) is 9.59 Å². The van der Waals surface area contributed by atoms with Gasteiger partial charge in [0.2, 0.25) is 11.8 Å². The van der Waals surface area contributed by atoms with E-state index >= 15 is 0 Å². The first-order valence-electron chi connectivity index (χ1n) is 13.0. The number of rotatable bonds is 9. The largest absolute Gasteiger partial charge is 0.493 e. The molecule has 1 aliphatic heterocycles. The van der Waals surface area contributed by atoms with Crippen molar-refractivity contribution >= 4 is 11.8 Å². The number of nitrogens with one attached hydrogen (secondary N) is 1. The second-order valence-corrected chi connectivity index (χ2v) is 9.90. The average molecular weight is 519 g/mol. The molecule has 1 saturated carbocycles. The molecule has 2 aliphatic carbocycles. The SMILES string of the molecule is COCC(=O)N(C1CCCCCC1)C1C=C(C(=O)NCCO)C2c3cc(CO)cc(OC)c3OC2C1O. The normalized spacial score (nSPS) is 25.3. The highest BCUT2D eigenvalue weighted by Gasteiger charge is 2.52. The number of carbonyl (C=O) groups excluding carboxylic acids is 2. The molecule has 0 spiro atoms. The molecule has 1 heterocycles. The highest BCUT2D eigenvalue weighted by molar-refractivity contribution is 5.96. The molecule has 4 N–H and O–H groups in total. The van der Waals surface area contributed by atoms with Crippen LogP contribution in [0.4, 0.5) is 0 Å². The maximum Gasteiger partial charge on any atom is 0.249 e. The van der Waals surface area contributed by atoms with Crippen LogP contribution in [-0.2, 0) is 20.9 Å². The summed E-state index contributed by atoms with van der Waals surface area (Å²) >= 11 is 0. The number of methoxy groups -OCH3 is 2. The van der Waals surface area contributed by atoms with Crippen LogP contribution >= 0.6 is 0 Å². The molecule has 37 heavy (non-hydrogen) atoms. The predicted molar refractivity (Wildman–Crippen MR) is 134 cm³/mol. The average Bonchev–Trinajstić information content (AvgIpc) is 3.09. The molecule has 10 heteroatoms. The van der Waals surface area contributed by atoms with E-state index in [0.717, 1.165) is 38.5 Å². The molecular formula is C27H38N2O8. The first-order valence-corrected chi connectivity index (χ1v) is 13.0. The minimum absolute atomic E-state index is 0.0590. The van der Waals surface area contributed by atoms with Gasteiger partial charge in [-0.1, -0.05) is 25.7 Å². The van der Waals surface area contributed by atoms with E-state index in [1.54, 1.807) is 23.1 Å². The van der Waals surface area contributed by atoms with Gasteiger partial charge in [-0.2, -0.15) is 0 Å². The molecule has 204 valence electrons. The van der Waals surface area contributed by atoms with Crippen LogP contribution in [0.2, 0.25) is 0 Å². The number of amides is 2. The lowest BCUT2D eigenvalue weighted by molar-refractivity contribution is -0.144. The Kier molecular flexibility index (Phi) is 9.07. The predicted octanol–water partition coefficient (Wildman–Crippen LogP) is 1.01. The van der Waals surface area contributed by atoms with Gasteiger partial charge in [0.05, 0.1) is 32.3 Å². The van der Waals surface area contributed by atoms with Crippen molar-refractivity contribution in [3.8, 4) is 11.5 Å². The Balaban J connectivity index is 1.81. The molecule has 1 fully saturated rings. The third-order valence-corrected chi connectivity index (χ3v) is 7.59. The Labute approximate surface area is 217 Å². The first kappa shape index (κ1) is 27.4. The van der Waals surface area contributed by atoms with Crippen LogP contribution < -0.4 is 14.8 Å². The Bertz CT molecular complexity index is 1000. The summed E-state index contributed by atoms with van der Waals surface area (Å²) in [7, 11) is 2.95. The topological polar surface area (TPSA) is 138 Å². The number of hydrogen-bond donors (Lipinski definition) is 4. The molecule has 3 aliphatic rings. The van der Waals surface area contributed by atoms with Crippen LogP contribution in [0.25, 0.3) is 0 Å². The van der Waals surface area contributed by atoms with Crippen molar-refractivity contribution in [3.63, 3.8) is 0 Å². The molecule has 0 bridgehead atoms. The second kappa shape index (κ2) is 12.3. The number of nitrogens with zero attached hydrogens (tertiary/aromatic N) is 1. The molecule has 10 nitrogen and oxygen atoms in total. The zero-order valence-corrected chi connectivity index (χ0v) is 21.5. The van der Waals surface area contributed by atoms with Gasteiger partial charge in [-0.25, -0.2) is 0 Å². The zero-order valence-electron chi connectivity index (χ0n) is 21.5. The van der Waals surface area contributed by atoms with Gasteiger partial charge in [0.1, 0.15) is 18.8 Å². The highest BCUT2D eigenvalue weighted by atomic mass is 16.5. The van der Waals surface area contributed by atoms with E-state index in [9.17, 15) is 24.9 Å². The molecule has 0 radical (unpaired) electrons. The smallest absolute Gasteiger partial charge is 0.249 e. The van der Waals surface area contributed by atoms with Gasteiger partial charge >= 0.3 is 0 Å². The number of carbonyl (C=O) groups is 2. The lowest BCUT2D eigenvalue weighted by Crippen LogP contribution is -2.59. The maximum atomic E-state index is 13.4. The molecule has 0 aromatic heterocycles. The number of aliphatic hydroxyl groups is 3. The number of fused-ring (bicyclic) bond motifs is 3. The monoisotopic (exact) mass is 518 g/mol. The summed E-state index contributed by atoms with van der Waals surface area (Å²) in [6, 6.07) is 2.51. The molecular weight excluding hydrogens is 480 g/mol. The Morgan fingerprint density at radius 2 is 1.86 bits per heavy atom. The van der Waals surface area contributed by atoms with Gasteiger partial charge in [-0.05, 0) is 36.6 Å². The Morgan fingerprint density at radius 3 is 2.49 bits per heavy atom. The lowest BCUT2D eigenvalue weighted by atomic mass is 9.76. The van der Waals surface area contributed by atoms with Crippen molar-refractivity contribution in [1.82, 2.24) is 10.2 Å². The van der Waals surface area contributed by atoms with E-state index in [-0.39, 0.29) is 38.3 Å². The van der Waals surface area contributed by atoms with Crippen LogP contribution in [-0.4, -0.2) is 90.3 Å². The molecule has 1 aromatic carbocycles. The fraction of sp³-hybridized carbons (Fsp3) is 0.630. The van der Waals surface area contributed by atoms with E-state index in [1.165, 1.54) is 14.2 Å². The first-order chi connectivity index (χ1) is 17.9. The standard InChI is InChI=1S/C27H38N2O8/c1-35-15-22(32)29(17-7-5-3-4-6-8-17)20-13-19(27(34)28-9-10-30)23-18-11-16(14-31)12-21(36-2)25(18)37-26(23)24(20)33/h11-13,17,20,23-24,26,30-31,33H,3-10,14-15H2,1-2H3,(H,28,34). The fourth-order valence-corrected chi connectivity index (χ4v) is 5.94. The molecule has 0 saturated heterocycles. The van der Waals surface area contributed by atoms with Crippen molar-refractivity contribution < 1.29 is 39.1 Å². The van der Waals surface area contributed by atoms with Crippen molar-refractivity contribution in [3.05, 3.63) is 34.9 Å². The van der Waals surface area contributed by atoms with Gasteiger partial charge in [0.15, 0.2) is 11.5 Å². The second-order valence-electron chi connectivity index (χ2n) is 9.90. The fourth-order valence-electron chi connectivity index (χ4n) is 5.94. The van der Waals surface area contributed by atoms with E-state index in [2.05, 4.69) is 5.32 Å². The van der Waals surface area contributed by atoms with E-state index in [1.807, 2.05) is 0 Å². The van der Waals surface area contributed by atoms with E-state index in [0.29, 0.717) is 28.2 Å². The number of ether oxygens (including phenoxy) is 3. The molecule has 4 rings (SSSR count). The molecule has 2 amide bonds. The number of aliphatic hydroxyl groups excluding tert-OH is 3. The summed E-state index contributed by atoms with van der Waals surface area (Å²) in [4.78, 5) is 28.5. The van der Waals surface area contributed by atoms with Crippen LogP contribution in [0, 0.1) is 0 Å². The van der Waals surface area contributed by atoms with Crippen molar-refractivity contribution in [2.24, 2.45) is 0 Å².